The normalized spacial score (nSPS) is 13.9. The van der Waals surface area contributed by atoms with Crippen LogP contribution in [0.1, 0.15) is 21.0 Å². The molecule has 0 atom stereocenters. The van der Waals surface area contributed by atoms with Crippen molar-refractivity contribution in [2.45, 2.75) is 13.1 Å². The van der Waals surface area contributed by atoms with E-state index in [9.17, 15) is 14.0 Å². The monoisotopic (exact) mass is 640 g/mol. The van der Waals surface area contributed by atoms with E-state index in [1.807, 2.05) is 65.2 Å². The van der Waals surface area contributed by atoms with Gasteiger partial charge < -0.3 is 24.5 Å². The van der Waals surface area contributed by atoms with Gasteiger partial charge in [0.1, 0.15) is 23.0 Å². The van der Waals surface area contributed by atoms with Crippen molar-refractivity contribution in [1.29, 1.82) is 0 Å². The second-order valence-corrected chi connectivity index (χ2v) is 11.8. The van der Waals surface area contributed by atoms with Crippen molar-refractivity contribution in [3.63, 3.8) is 0 Å². The van der Waals surface area contributed by atoms with Crippen molar-refractivity contribution in [2.24, 2.45) is 0 Å². The Bertz CT molecular complexity index is 2120. The molecule has 2 N–H and O–H groups in total. The molecule has 2 amide bonds. The van der Waals surface area contributed by atoms with Gasteiger partial charge in [-0.2, -0.15) is 0 Å². The van der Waals surface area contributed by atoms with Crippen molar-refractivity contribution >= 4 is 56.8 Å². The van der Waals surface area contributed by atoms with E-state index in [0.29, 0.717) is 41.1 Å². The molecule has 10 heteroatoms. The van der Waals surface area contributed by atoms with Crippen LogP contribution in [0.4, 0.5) is 4.39 Å². The predicted molar refractivity (Wildman–Crippen MR) is 176 cm³/mol. The van der Waals surface area contributed by atoms with Crippen molar-refractivity contribution < 1.29 is 18.7 Å². The van der Waals surface area contributed by atoms with Crippen molar-refractivity contribution in [2.75, 3.05) is 20.2 Å². The number of benzene rings is 4. The average molecular weight is 642 g/mol. The minimum atomic E-state index is -0.279. The molecule has 0 fully saturated rings. The quantitative estimate of drug-likeness (QED) is 0.210. The van der Waals surface area contributed by atoms with Crippen LogP contribution in [0, 0.1) is 5.82 Å². The maximum Gasteiger partial charge on any atom is 0.268 e. The zero-order valence-electron chi connectivity index (χ0n) is 24.2. The Hall–Kier alpha value is -4.79. The van der Waals surface area contributed by atoms with E-state index in [-0.39, 0.29) is 17.6 Å². The van der Waals surface area contributed by atoms with Crippen LogP contribution in [0.5, 0.6) is 5.75 Å². The maximum atomic E-state index is 13.2. The number of hydrogen-bond acceptors (Lipinski definition) is 3. The number of methoxy groups -OCH3 is 1. The summed E-state index contributed by atoms with van der Waals surface area (Å²) in [5.41, 5.74) is 7.17. The summed E-state index contributed by atoms with van der Waals surface area (Å²) >= 11 is 12.5. The SMILES string of the molecule is COc1ccc(-c2cc(Cl)cc3cc4n(c23)CCNC4=O)cc1.O=C1NCCn2c1cc1cc(Cl)cc(-c3ccc(F)cc3)c12. The summed E-state index contributed by atoms with van der Waals surface area (Å²) in [5, 5.41) is 8.87. The summed E-state index contributed by atoms with van der Waals surface area (Å²) in [7, 11) is 1.65. The molecule has 2 aromatic heterocycles. The van der Waals surface area contributed by atoms with Crippen LogP contribution in [0.15, 0.2) is 84.9 Å². The molecule has 0 bridgehead atoms. The molecular weight excluding hydrogens is 614 g/mol. The predicted octanol–water partition coefficient (Wildman–Crippen LogP) is 7.56. The minimum absolute atomic E-state index is 0.0377. The molecule has 7 nitrogen and oxygen atoms in total. The first-order valence-corrected chi connectivity index (χ1v) is 15.2. The van der Waals surface area contributed by atoms with Gasteiger partial charge in [-0.25, -0.2) is 4.39 Å². The van der Waals surface area contributed by atoms with Crippen LogP contribution in [0.3, 0.4) is 0 Å². The number of nitrogens with one attached hydrogen (secondary N) is 2. The fourth-order valence-electron chi connectivity index (χ4n) is 6.18. The van der Waals surface area contributed by atoms with Gasteiger partial charge in [-0.1, -0.05) is 47.5 Å². The van der Waals surface area contributed by atoms with Gasteiger partial charge in [0.2, 0.25) is 0 Å². The van der Waals surface area contributed by atoms with E-state index >= 15 is 0 Å². The van der Waals surface area contributed by atoms with E-state index < -0.39 is 0 Å². The highest BCUT2D eigenvalue weighted by Gasteiger charge is 2.23. The molecule has 226 valence electrons. The van der Waals surface area contributed by atoms with Gasteiger partial charge in [-0.3, -0.25) is 9.59 Å². The highest BCUT2D eigenvalue weighted by Crippen LogP contribution is 2.37. The molecule has 45 heavy (non-hydrogen) atoms. The summed E-state index contributed by atoms with van der Waals surface area (Å²) in [6, 6.07) is 25.5. The molecule has 0 unspecified atom stereocenters. The molecule has 6 aromatic rings. The van der Waals surface area contributed by atoms with Crippen LogP contribution in [0.25, 0.3) is 44.1 Å². The lowest BCUT2D eigenvalue weighted by molar-refractivity contribution is 0.0921. The Morgan fingerprint density at radius 3 is 1.56 bits per heavy atom. The Kier molecular flexibility index (Phi) is 7.47. The van der Waals surface area contributed by atoms with Gasteiger partial charge in [0, 0.05) is 58.1 Å². The highest BCUT2D eigenvalue weighted by molar-refractivity contribution is 6.32. The molecular formula is C35H27Cl2FN4O3. The summed E-state index contributed by atoms with van der Waals surface area (Å²) in [6.45, 7) is 2.71. The number of nitrogens with zero attached hydrogens (tertiary/aromatic N) is 2. The second kappa shape index (κ2) is 11.6. The lowest BCUT2D eigenvalue weighted by Crippen LogP contribution is -2.34. The molecule has 2 aliphatic heterocycles. The molecule has 2 aliphatic rings. The molecule has 8 rings (SSSR count). The van der Waals surface area contributed by atoms with Gasteiger partial charge >= 0.3 is 0 Å². The Morgan fingerprint density at radius 2 is 1.11 bits per heavy atom. The van der Waals surface area contributed by atoms with E-state index in [2.05, 4.69) is 15.2 Å². The van der Waals surface area contributed by atoms with E-state index in [1.54, 1.807) is 19.2 Å². The Balaban J connectivity index is 0.000000145. The Labute approximate surface area is 268 Å². The highest BCUT2D eigenvalue weighted by atomic mass is 35.5. The maximum absolute atomic E-state index is 13.2. The first-order chi connectivity index (χ1) is 21.8. The molecule has 0 spiro atoms. The first kappa shape index (κ1) is 29.0. The Morgan fingerprint density at radius 1 is 0.667 bits per heavy atom. The standard InChI is InChI=1S/C18H15ClN2O2.C17H12ClFN2O/c1-23-14-4-2-11(3-5-14)15-10-13(19)8-12-9-16-18(22)20-6-7-21(16)17(12)15;18-12-7-11-8-15-17(22)20-5-6-21(15)16(11)14(9-12)10-1-3-13(19)4-2-10/h2-5,8-10H,6-7H2,1H3,(H,20,22);1-4,7-9H,5-6H2,(H,20,22). The number of hydrogen-bond donors (Lipinski definition) is 2. The molecule has 0 aliphatic carbocycles. The first-order valence-electron chi connectivity index (χ1n) is 14.4. The summed E-state index contributed by atoms with van der Waals surface area (Å²) < 4.78 is 22.5. The number of carbonyl (C=O) groups is 2. The number of rotatable bonds is 3. The van der Waals surface area contributed by atoms with Crippen molar-refractivity contribution in [3.05, 3.63) is 112 Å². The third kappa shape index (κ3) is 5.30. The van der Waals surface area contributed by atoms with Crippen LogP contribution in [-0.4, -0.2) is 41.1 Å². The topological polar surface area (TPSA) is 77.3 Å². The average Bonchev–Trinajstić information content (AvgIpc) is 3.61. The van der Waals surface area contributed by atoms with Gasteiger partial charge in [-0.15, -0.1) is 0 Å². The number of halogens is 3. The third-order valence-corrected chi connectivity index (χ3v) is 8.61. The fraction of sp³-hybridized carbons (Fsp3) is 0.143. The van der Waals surface area contributed by atoms with Crippen molar-refractivity contribution in [3.8, 4) is 28.0 Å². The lowest BCUT2D eigenvalue weighted by atomic mass is 10.0. The molecule has 4 aromatic carbocycles. The summed E-state index contributed by atoms with van der Waals surface area (Å²) in [4.78, 5) is 24.1. The summed E-state index contributed by atoms with van der Waals surface area (Å²) in [5.74, 6) is 0.412. The number of aromatic nitrogens is 2. The van der Waals surface area contributed by atoms with Crippen LogP contribution >= 0.6 is 23.2 Å². The molecule has 0 saturated heterocycles. The molecule has 4 heterocycles. The minimum Gasteiger partial charge on any atom is -0.497 e. The smallest absolute Gasteiger partial charge is 0.268 e. The van der Waals surface area contributed by atoms with Gasteiger partial charge in [0.15, 0.2) is 0 Å². The number of amides is 2. The van der Waals surface area contributed by atoms with E-state index in [4.69, 9.17) is 27.9 Å². The zero-order valence-corrected chi connectivity index (χ0v) is 25.7. The second-order valence-electron chi connectivity index (χ2n) is 10.9. The molecule has 0 saturated carbocycles. The van der Waals surface area contributed by atoms with E-state index in [0.717, 1.165) is 56.4 Å². The summed E-state index contributed by atoms with van der Waals surface area (Å²) in [6.07, 6.45) is 0. The van der Waals surface area contributed by atoms with Gasteiger partial charge in [-0.05, 0) is 71.8 Å². The largest absolute Gasteiger partial charge is 0.497 e. The lowest BCUT2D eigenvalue weighted by Gasteiger charge is -2.18. The van der Waals surface area contributed by atoms with Crippen LogP contribution in [0.2, 0.25) is 10.0 Å². The van der Waals surface area contributed by atoms with Crippen molar-refractivity contribution in [1.82, 2.24) is 19.8 Å². The third-order valence-electron chi connectivity index (χ3n) is 8.18. The van der Waals surface area contributed by atoms with Crippen LogP contribution in [-0.2, 0) is 13.1 Å². The molecule has 0 radical (unpaired) electrons. The van der Waals surface area contributed by atoms with Gasteiger partial charge in [0.05, 0.1) is 18.1 Å². The zero-order chi connectivity index (χ0) is 31.2. The van der Waals surface area contributed by atoms with E-state index in [1.165, 1.54) is 12.1 Å². The number of fused-ring (bicyclic) bond motifs is 6. The number of carbonyl (C=O) groups excluding carboxylic acids is 2. The fourth-order valence-corrected chi connectivity index (χ4v) is 6.63. The number of ether oxygens (including phenoxy) is 1. The van der Waals surface area contributed by atoms with Crippen LogP contribution < -0.4 is 15.4 Å². The van der Waals surface area contributed by atoms with Gasteiger partial charge in [0.25, 0.3) is 11.8 Å².